The molecule has 16 heavy (non-hydrogen) atoms. The molecule has 1 aromatic rings. The number of hydrogen-bond acceptors (Lipinski definition) is 5. The Balaban J connectivity index is 2.60. The van der Waals surface area contributed by atoms with Crippen molar-refractivity contribution in [1.82, 2.24) is 5.32 Å². The molecule has 0 bridgehead atoms. The lowest BCUT2D eigenvalue weighted by molar-refractivity contribution is -0.121. The quantitative estimate of drug-likeness (QED) is 0.529. The van der Waals surface area contributed by atoms with Gasteiger partial charge in [-0.2, -0.15) is 0 Å². The number of hydrogen-bond donors (Lipinski definition) is 2. The van der Waals surface area contributed by atoms with E-state index < -0.39 is 17.7 Å². The topological polar surface area (TPSA) is 102 Å². The molecule has 0 aliphatic heterocycles. The van der Waals surface area contributed by atoms with Crippen LogP contribution in [-0.4, -0.2) is 30.6 Å². The highest BCUT2D eigenvalue weighted by atomic mass is 16.3. The highest BCUT2D eigenvalue weighted by molar-refractivity contribution is 6.04. The van der Waals surface area contributed by atoms with Crippen molar-refractivity contribution in [3.63, 3.8) is 0 Å². The number of aldehydes is 1. The predicted octanol–water partition coefficient (Wildman–Crippen LogP) is -0.262. The number of ketones is 1. The van der Waals surface area contributed by atoms with Crippen LogP contribution in [0.3, 0.4) is 0 Å². The molecule has 0 aliphatic rings. The van der Waals surface area contributed by atoms with Gasteiger partial charge in [-0.15, -0.1) is 0 Å². The van der Waals surface area contributed by atoms with E-state index in [-0.39, 0.29) is 17.9 Å². The van der Waals surface area contributed by atoms with E-state index in [1.54, 1.807) is 0 Å². The normalized spacial score (nSPS) is 11.9. The molecule has 0 unspecified atom stereocenters. The Kier molecular flexibility index (Phi) is 3.96. The molecule has 1 heterocycles. The summed E-state index contributed by atoms with van der Waals surface area (Å²) in [5.41, 5.74) is 5.45. The summed E-state index contributed by atoms with van der Waals surface area (Å²) in [6, 6.07) is 0.701. The summed E-state index contributed by atoms with van der Waals surface area (Å²) >= 11 is 0. The molecule has 86 valence electrons. The summed E-state index contributed by atoms with van der Waals surface area (Å²) in [5.74, 6) is -0.866. The lowest BCUT2D eigenvalue weighted by atomic mass is 10.1. The molecule has 6 nitrogen and oxygen atoms in total. The number of amides is 1. The Morgan fingerprint density at radius 1 is 1.62 bits per heavy atom. The van der Waals surface area contributed by atoms with Gasteiger partial charge in [-0.25, -0.2) is 0 Å². The molecule has 0 aromatic carbocycles. The minimum atomic E-state index is -0.678. The van der Waals surface area contributed by atoms with Gasteiger partial charge >= 0.3 is 0 Å². The van der Waals surface area contributed by atoms with Gasteiger partial charge in [0.1, 0.15) is 0 Å². The van der Waals surface area contributed by atoms with E-state index in [0.717, 1.165) is 0 Å². The zero-order valence-corrected chi connectivity index (χ0v) is 8.73. The van der Waals surface area contributed by atoms with Crippen LogP contribution in [0.5, 0.6) is 0 Å². The molecule has 3 N–H and O–H groups in total. The zero-order valence-electron chi connectivity index (χ0n) is 8.73. The van der Waals surface area contributed by atoms with Gasteiger partial charge in [0.15, 0.2) is 17.8 Å². The molecule has 6 heteroatoms. The Bertz CT molecular complexity index is 409. The van der Waals surface area contributed by atoms with Crippen LogP contribution in [0.2, 0.25) is 0 Å². The number of nitrogens with two attached hydrogens (primary N) is 1. The lowest BCUT2D eigenvalue weighted by Crippen LogP contribution is -2.40. The van der Waals surface area contributed by atoms with E-state index in [9.17, 15) is 14.4 Å². The Hall–Kier alpha value is -1.95. The number of carbonyl (C=O) groups excluding carboxylic acids is 3. The highest BCUT2D eigenvalue weighted by Crippen LogP contribution is 2.08. The summed E-state index contributed by atoms with van der Waals surface area (Å²) in [5, 5.41) is 2.35. The summed E-state index contributed by atoms with van der Waals surface area (Å²) in [6.45, 7) is 1.30. The van der Waals surface area contributed by atoms with Crippen LogP contribution in [0.25, 0.3) is 0 Å². The molecule has 0 saturated carbocycles. The van der Waals surface area contributed by atoms with Crippen molar-refractivity contribution in [3.8, 4) is 0 Å². The fourth-order valence-corrected chi connectivity index (χ4v) is 1.07. The van der Waals surface area contributed by atoms with E-state index in [0.29, 0.717) is 6.29 Å². The van der Waals surface area contributed by atoms with Crippen molar-refractivity contribution in [3.05, 3.63) is 23.7 Å². The number of rotatable bonds is 5. The smallest absolute Gasteiger partial charge is 0.237 e. The summed E-state index contributed by atoms with van der Waals surface area (Å²) in [4.78, 5) is 33.1. The van der Waals surface area contributed by atoms with Gasteiger partial charge in [0.05, 0.1) is 24.4 Å². The molecule has 1 aromatic heterocycles. The fourth-order valence-electron chi connectivity index (χ4n) is 1.07. The van der Waals surface area contributed by atoms with Crippen LogP contribution in [-0.2, 0) is 4.79 Å². The third kappa shape index (κ3) is 2.77. The van der Waals surface area contributed by atoms with E-state index >= 15 is 0 Å². The summed E-state index contributed by atoms with van der Waals surface area (Å²) in [7, 11) is 0. The molecule has 0 saturated heterocycles. The second-order valence-corrected chi connectivity index (χ2v) is 3.25. The minimum absolute atomic E-state index is 0.0416. The van der Waals surface area contributed by atoms with Gasteiger partial charge < -0.3 is 15.5 Å². The Labute approximate surface area is 91.8 Å². The van der Waals surface area contributed by atoms with Crippen LogP contribution in [0.4, 0.5) is 0 Å². The van der Waals surface area contributed by atoms with Crippen LogP contribution in [0.15, 0.2) is 16.7 Å². The number of furan rings is 1. The first-order valence-corrected chi connectivity index (χ1v) is 4.65. The van der Waals surface area contributed by atoms with Crippen LogP contribution in [0.1, 0.15) is 27.8 Å². The number of carbonyl (C=O) groups is 3. The van der Waals surface area contributed by atoms with Gasteiger partial charge in [-0.1, -0.05) is 0 Å². The SMILES string of the molecule is C[C@H](N)C(=O)NCC(=O)c1ccoc1C=O. The summed E-state index contributed by atoms with van der Waals surface area (Å²) < 4.78 is 4.76. The van der Waals surface area contributed by atoms with E-state index in [1.807, 2.05) is 0 Å². The number of Topliss-reactive ketones (excluding diaryl/α,β-unsaturated/α-hetero) is 1. The van der Waals surface area contributed by atoms with Gasteiger partial charge in [-0.3, -0.25) is 14.4 Å². The van der Waals surface area contributed by atoms with Gasteiger partial charge in [0, 0.05) is 0 Å². The second-order valence-electron chi connectivity index (χ2n) is 3.25. The summed E-state index contributed by atoms with van der Waals surface area (Å²) in [6.07, 6.45) is 1.69. The van der Waals surface area contributed by atoms with Crippen LogP contribution < -0.4 is 11.1 Å². The molecule has 0 spiro atoms. The maximum atomic E-state index is 11.5. The lowest BCUT2D eigenvalue weighted by Gasteiger charge is -2.05. The van der Waals surface area contributed by atoms with Gasteiger partial charge in [-0.05, 0) is 13.0 Å². The molecule has 1 atom stereocenters. The molecule has 1 amide bonds. The largest absolute Gasteiger partial charge is 0.461 e. The maximum absolute atomic E-state index is 11.5. The minimum Gasteiger partial charge on any atom is -0.461 e. The van der Waals surface area contributed by atoms with Crippen molar-refractivity contribution in [1.29, 1.82) is 0 Å². The van der Waals surface area contributed by atoms with Crippen LogP contribution in [0, 0.1) is 0 Å². The maximum Gasteiger partial charge on any atom is 0.237 e. The average Bonchev–Trinajstić information content (AvgIpc) is 2.73. The third-order valence-corrected chi connectivity index (χ3v) is 1.94. The molecule has 1 rings (SSSR count). The average molecular weight is 224 g/mol. The first kappa shape index (κ1) is 12.1. The van der Waals surface area contributed by atoms with Crippen molar-refractivity contribution in [2.45, 2.75) is 13.0 Å². The molecular formula is C10H12N2O4. The number of nitrogens with one attached hydrogen (secondary N) is 1. The highest BCUT2D eigenvalue weighted by Gasteiger charge is 2.15. The fraction of sp³-hybridized carbons (Fsp3) is 0.300. The third-order valence-electron chi connectivity index (χ3n) is 1.94. The Morgan fingerprint density at radius 3 is 2.88 bits per heavy atom. The standard InChI is InChI=1S/C10H12N2O4/c1-6(11)10(15)12-4-8(14)7-2-3-16-9(7)5-13/h2-3,5-6H,4,11H2,1H3,(H,12,15)/t6-/m0/s1. The van der Waals surface area contributed by atoms with Crippen molar-refractivity contribution in [2.24, 2.45) is 5.73 Å². The van der Waals surface area contributed by atoms with E-state index in [1.165, 1.54) is 19.3 Å². The Morgan fingerprint density at radius 2 is 2.31 bits per heavy atom. The first-order chi connectivity index (χ1) is 7.56. The van der Waals surface area contributed by atoms with E-state index in [2.05, 4.69) is 5.32 Å². The van der Waals surface area contributed by atoms with E-state index in [4.69, 9.17) is 10.2 Å². The van der Waals surface area contributed by atoms with Gasteiger partial charge in [0.2, 0.25) is 5.91 Å². The van der Waals surface area contributed by atoms with Crippen LogP contribution >= 0.6 is 0 Å². The zero-order chi connectivity index (χ0) is 12.1. The predicted molar refractivity (Wildman–Crippen MR) is 55.1 cm³/mol. The van der Waals surface area contributed by atoms with Crippen molar-refractivity contribution < 1.29 is 18.8 Å². The monoisotopic (exact) mass is 224 g/mol. The van der Waals surface area contributed by atoms with Gasteiger partial charge in [0.25, 0.3) is 0 Å². The van der Waals surface area contributed by atoms with Crippen molar-refractivity contribution >= 4 is 18.0 Å². The molecule has 0 aliphatic carbocycles. The van der Waals surface area contributed by atoms with Crippen molar-refractivity contribution in [2.75, 3.05) is 6.54 Å². The first-order valence-electron chi connectivity index (χ1n) is 4.65. The molecular weight excluding hydrogens is 212 g/mol. The second kappa shape index (κ2) is 5.22. The molecule has 0 fully saturated rings. The molecule has 0 radical (unpaired) electrons.